The molecule has 8 heteroatoms. The highest BCUT2D eigenvalue weighted by atomic mass is 16.5. The molecule has 36 heavy (non-hydrogen) atoms. The number of nitrogens with zero attached hydrogens (tertiary/aromatic N) is 1. The third-order valence-corrected chi connectivity index (χ3v) is 5.76. The second-order valence-corrected chi connectivity index (χ2v) is 8.57. The van der Waals surface area contributed by atoms with E-state index >= 15 is 0 Å². The maximum atomic E-state index is 13.3. The largest absolute Gasteiger partial charge is 0.507 e. The molecule has 1 aliphatic rings. The first kappa shape index (κ1) is 27.1. The highest BCUT2D eigenvalue weighted by molar-refractivity contribution is 6.46. The van der Waals surface area contributed by atoms with E-state index in [0.717, 1.165) is 0 Å². The molecule has 0 aliphatic carbocycles. The minimum atomic E-state index is -0.801. The predicted molar refractivity (Wildman–Crippen MR) is 136 cm³/mol. The van der Waals surface area contributed by atoms with Crippen LogP contribution in [0.15, 0.2) is 48.0 Å². The van der Waals surface area contributed by atoms with Gasteiger partial charge in [0.2, 0.25) is 0 Å². The zero-order chi connectivity index (χ0) is 26.2. The van der Waals surface area contributed by atoms with Gasteiger partial charge in [-0.2, -0.15) is 0 Å². The molecule has 0 bridgehead atoms. The van der Waals surface area contributed by atoms with Gasteiger partial charge in [0.25, 0.3) is 11.7 Å². The van der Waals surface area contributed by atoms with Crippen molar-refractivity contribution in [3.8, 4) is 17.2 Å². The summed E-state index contributed by atoms with van der Waals surface area (Å²) in [4.78, 5) is 27.9. The molecule has 2 aromatic carbocycles. The lowest BCUT2D eigenvalue weighted by molar-refractivity contribution is -0.140. The van der Waals surface area contributed by atoms with E-state index in [9.17, 15) is 14.7 Å². The Labute approximate surface area is 212 Å². The van der Waals surface area contributed by atoms with Crippen LogP contribution >= 0.6 is 0 Å². The zero-order valence-corrected chi connectivity index (χ0v) is 21.6. The van der Waals surface area contributed by atoms with Crippen molar-refractivity contribution in [2.45, 2.75) is 46.3 Å². The number of likely N-dealkylation sites (tertiary alicyclic amines) is 1. The molecule has 0 saturated carbocycles. The Hall–Kier alpha value is -3.52. The van der Waals surface area contributed by atoms with E-state index in [1.165, 1.54) is 4.90 Å². The molecular formula is C28H35NO7. The first-order valence-corrected chi connectivity index (χ1v) is 12.3. The van der Waals surface area contributed by atoms with Crippen molar-refractivity contribution in [3.05, 3.63) is 59.2 Å². The van der Waals surface area contributed by atoms with E-state index in [1.54, 1.807) is 49.6 Å². The predicted octanol–water partition coefficient (Wildman–Crippen LogP) is 4.73. The smallest absolute Gasteiger partial charge is 0.295 e. The first-order chi connectivity index (χ1) is 17.3. The molecule has 0 radical (unpaired) electrons. The van der Waals surface area contributed by atoms with Crippen LogP contribution in [-0.4, -0.2) is 61.3 Å². The van der Waals surface area contributed by atoms with Crippen LogP contribution in [-0.2, 0) is 14.3 Å². The highest BCUT2D eigenvalue weighted by Gasteiger charge is 2.46. The molecule has 8 nitrogen and oxygen atoms in total. The summed E-state index contributed by atoms with van der Waals surface area (Å²) in [7, 11) is 1.55. The minimum Gasteiger partial charge on any atom is -0.507 e. The molecule has 1 atom stereocenters. The van der Waals surface area contributed by atoms with Crippen LogP contribution in [0.4, 0.5) is 0 Å². The third-order valence-electron chi connectivity index (χ3n) is 5.76. The summed E-state index contributed by atoms with van der Waals surface area (Å²) < 4.78 is 22.3. The Balaban J connectivity index is 2.11. The number of benzene rings is 2. The number of carbonyl (C=O) groups excluding carboxylic acids is 2. The van der Waals surface area contributed by atoms with Gasteiger partial charge >= 0.3 is 0 Å². The van der Waals surface area contributed by atoms with Gasteiger partial charge in [0.15, 0.2) is 11.5 Å². The normalized spacial score (nSPS) is 17.1. The minimum absolute atomic E-state index is 0.0195. The number of ether oxygens (including phenoxy) is 4. The number of hydrogen-bond donors (Lipinski definition) is 1. The average molecular weight is 498 g/mol. The van der Waals surface area contributed by atoms with Gasteiger partial charge in [-0.05, 0) is 63.9 Å². The zero-order valence-electron chi connectivity index (χ0n) is 21.6. The Bertz CT molecular complexity index is 1110. The fourth-order valence-electron chi connectivity index (χ4n) is 4.20. The lowest BCUT2D eigenvalue weighted by atomic mass is 9.95. The van der Waals surface area contributed by atoms with Gasteiger partial charge < -0.3 is 29.0 Å². The van der Waals surface area contributed by atoms with Crippen molar-refractivity contribution in [2.24, 2.45) is 0 Å². The van der Waals surface area contributed by atoms with Gasteiger partial charge in [-0.15, -0.1) is 0 Å². The molecule has 1 heterocycles. The van der Waals surface area contributed by atoms with Crippen molar-refractivity contribution < 1.29 is 33.6 Å². The summed E-state index contributed by atoms with van der Waals surface area (Å²) in [6.45, 7) is 9.20. The molecule has 2 aromatic rings. The second kappa shape index (κ2) is 12.4. The summed E-state index contributed by atoms with van der Waals surface area (Å²) in [5, 5.41) is 11.3. The van der Waals surface area contributed by atoms with Crippen LogP contribution in [0.5, 0.6) is 17.2 Å². The van der Waals surface area contributed by atoms with Crippen LogP contribution in [0.25, 0.3) is 5.76 Å². The van der Waals surface area contributed by atoms with Crippen LogP contribution in [0.3, 0.4) is 0 Å². The molecule has 1 unspecified atom stereocenters. The topological polar surface area (TPSA) is 94.5 Å². The second-order valence-electron chi connectivity index (χ2n) is 8.57. The quantitative estimate of drug-likeness (QED) is 0.196. The van der Waals surface area contributed by atoms with E-state index in [2.05, 4.69) is 0 Å². The van der Waals surface area contributed by atoms with Crippen LogP contribution in [0.2, 0.25) is 0 Å². The lowest BCUT2D eigenvalue weighted by Crippen LogP contribution is -2.31. The summed E-state index contributed by atoms with van der Waals surface area (Å²) in [5.41, 5.74) is 1.04. The SMILES string of the molecule is CCOc1cccc(/C(O)=C2/C(=O)C(=O)N(CCCOC(C)C)C2c2ccc(OC)c(OCC)c2)c1. The highest BCUT2D eigenvalue weighted by Crippen LogP contribution is 2.42. The fraction of sp³-hybridized carbons (Fsp3) is 0.429. The summed E-state index contributed by atoms with van der Waals surface area (Å²) in [6.07, 6.45) is 0.597. The number of aliphatic hydroxyl groups excluding tert-OH is 1. The number of Topliss-reactive ketones (excluding diaryl/α,β-unsaturated/α-hetero) is 1. The van der Waals surface area contributed by atoms with E-state index in [4.69, 9.17) is 18.9 Å². The summed E-state index contributed by atoms with van der Waals surface area (Å²) in [5.74, 6) is -0.0774. The van der Waals surface area contributed by atoms with Gasteiger partial charge in [-0.25, -0.2) is 0 Å². The van der Waals surface area contributed by atoms with Gasteiger partial charge in [0.05, 0.1) is 38.0 Å². The lowest BCUT2D eigenvalue weighted by Gasteiger charge is -2.26. The van der Waals surface area contributed by atoms with E-state index in [-0.39, 0.29) is 24.0 Å². The molecular weight excluding hydrogens is 462 g/mol. The number of hydrogen-bond acceptors (Lipinski definition) is 7. The van der Waals surface area contributed by atoms with Crippen molar-refractivity contribution in [1.82, 2.24) is 4.90 Å². The number of aliphatic hydroxyl groups is 1. The fourth-order valence-corrected chi connectivity index (χ4v) is 4.20. The Morgan fingerprint density at radius 2 is 1.78 bits per heavy atom. The van der Waals surface area contributed by atoms with Crippen molar-refractivity contribution >= 4 is 17.4 Å². The number of rotatable bonds is 12. The Kier molecular flexibility index (Phi) is 9.36. The maximum absolute atomic E-state index is 13.3. The van der Waals surface area contributed by atoms with Crippen LogP contribution in [0, 0.1) is 0 Å². The Morgan fingerprint density at radius 3 is 2.44 bits per heavy atom. The summed E-state index contributed by atoms with van der Waals surface area (Å²) >= 11 is 0. The number of ketones is 1. The molecule has 194 valence electrons. The summed E-state index contributed by atoms with van der Waals surface area (Å²) in [6, 6.07) is 11.3. The molecule has 0 spiro atoms. The van der Waals surface area contributed by atoms with Crippen molar-refractivity contribution in [3.63, 3.8) is 0 Å². The first-order valence-electron chi connectivity index (χ1n) is 12.3. The van der Waals surface area contributed by atoms with Crippen LogP contribution < -0.4 is 14.2 Å². The molecule has 0 aromatic heterocycles. The van der Waals surface area contributed by atoms with Crippen molar-refractivity contribution in [1.29, 1.82) is 0 Å². The van der Waals surface area contributed by atoms with E-state index in [0.29, 0.717) is 54.6 Å². The maximum Gasteiger partial charge on any atom is 0.295 e. The van der Waals surface area contributed by atoms with Gasteiger partial charge in [-0.1, -0.05) is 18.2 Å². The van der Waals surface area contributed by atoms with Gasteiger partial charge in [-0.3, -0.25) is 9.59 Å². The number of carbonyl (C=O) groups is 2. The number of amides is 1. The monoisotopic (exact) mass is 497 g/mol. The number of methoxy groups -OCH3 is 1. The van der Waals surface area contributed by atoms with E-state index < -0.39 is 17.7 Å². The third kappa shape index (κ3) is 5.99. The molecule has 1 fully saturated rings. The van der Waals surface area contributed by atoms with E-state index in [1.807, 2.05) is 27.7 Å². The van der Waals surface area contributed by atoms with Gasteiger partial charge in [0.1, 0.15) is 11.5 Å². The molecule has 3 rings (SSSR count). The van der Waals surface area contributed by atoms with Crippen LogP contribution in [0.1, 0.15) is 51.3 Å². The molecule has 1 N–H and O–H groups in total. The van der Waals surface area contributed by atoms with Gasteiger partial charge in [0, 0.05) is 18.7 Å². The Morgan fingerprint density at radius 1 is 1.03 bits per heavy atom. The average Bonchev–Trinajstić information content (AvgIpc) is 3.11. The standard InChI is InChI=1S/C28H35NO7/c1-6-34-21-11-8-10-20(16-21)26(30)24-25(19-12-13-22(33-5)23(17-19)35-7-2)29(28(32)27(24)31)14-9-15-36-18(3)4/h8,10-13,16-18,25,30H,6-7,9,14-15H2,1-5H3/b26-24-. The molecule has 1 aliphatic heterocycles. The molecule has 1 amide bonds. The molecule has 1 saturated heterocycles. The van der Waals surface area contributed by atoms with Crippen molar-refractivity contribution in [2.75, 3.05) is 33.5 Å².